The van der Waals surface area contributed by atoms with Gasteiger partial charge in [-0.3, -0.25) is 4.79 Å². The molecule has 7 nitrogen and oxygen atoms in total. The van der Waals surface area contributed by atoms with Crippen molar-refractivity contribution in [3.8, 4) is 33.8 Å². The molecule has 1 N–H and O–H groups in total. The summed E-state index contributed by atoms with van der Waals surface area (Å²) < 4.78 is 7.00. The predicted molar refractivity (Wildman–Crippen MR) is 135 cm³/mol. The fraction of sp³-hybridized carbons (Fsp3) is 0.0714. The standard InChI is InChI=1S/C28H23N5O2/c1-35-24-15-13-23(14-16-24)33-28(21-10-6-3-7-11-21)25(31-32-33)18-27(34)30-26-17-12-22(19-29-26)20-8-4-2-5-9-20/h2-17,19H,18H2,1H3,(H,29,30,34). The first kappa shape index (κ1) is 22.0. The first-order valence-electron chi connectivity index (χ1n) is 11.2. The lowest BCUT2D eigenvalue weighted by Crippen LogP contribution is -2.16. The first-order chi connectivity index (χ1) is 17.2. The Bertz CT molecular complexity index is 1410. The van der Waals surface area contributed by atoms with Crippen LogP contribution in [0, 0.1) is 0 Å². The maximum absolute atomic E-state index is 12.9. The molecule has 0 aliphatic heterocycles. The molecular weight excluding hydrogens is 438 g/mol. The molecule has 0 spiro atoms. The summed E-state index contributed by atoms with van der Waals surface area (Å²) in [5.74, 6) is 1.02. The van der Waals surface area contributed by atoms with E-state index in [4.69, 9.17) is 4.74 Å². The Hall–Kier alpha value is -4.78. The minimum absolute atomic E-state index is 0.0580. The molecule has 0 saturated carbocycles. The second kappa shape index (κ2) is 10.0. The van der Waals surface area contributed by atoms with E-state index in [1.54, 1.807) is 24.1 Å². The number of ether oxygens (including phenoxy) is 1. The summed E-state index contributed by atoms with van der Waals surface area (Å²) in [6.45, 7) is 0. The SMILES string of the molecule is COc1ccc(-n2nnc(CC(=O)Nc3ccc(-c4ccccc4)cn3)c2-c2ccccc2)cc1. The number of amides is 1. The number of methoxy groups -OCH3 is 1. The topological polar surface area (TPSA) is 81.9 Å². The van der Waals surface area contributed by atoms with E-state index in [0.29, 0.717) is 11.5 Å². The van der Waals surface area contributed by atoms with Crippen LogP contribution in [0.5, 0.6) is 5.75 Å². The Balaban J connectivity index is 1.38. The number of aromatic nitrogens is 4. The average molecular weight is 462 g/mol. The highest BCUT2D eigenvalue weighted by Gasteiger charge is 2.19. The Kier molecular flexibility index (Phi) is 6.30. The lowest BCUT2D eigenvalue weighted by atomic mass is 10.1. The summed E-state index contributed by atoms with van der Waals surface area (Å²) in [5, 5.41) is 11.6. The van der Waals surface area contributed by atoms with Crippen LogP contribution < -0.4 is 10.1 Å². The zero-order chi connectivity index (χ0) is 24.0. The average Bonchev–Trinajstić information content (AvgIpc) is 3.33. The van der Waals surface area contributed by atoms with Crippen LogP contribution in [0.2, 0.25) is 0 Å². The lowest BCUT2D eigenvalue weighted by molar-refractivity contribution is -0.115. The Morgan fingerprint density at radius 1 is 0.829 bits per heavy atom. The summed E-state index contributed by atoms with van der Waals surface area (Å²) in [4.78, 5) is 17.3. The first-order valence-corrected chi connectivity index (χ1v) is 11.2. The molecular formula is C28H23N5O2. The molecule has 5 aromatic rings. The van der Waals surface area contributed by atoms with Gasteiger partial charge in [-0.1, -0.05) is 65.9 Å². The number of hydrogen-bond donors (Lipinski definition) is 1. The molecule has 2 aromatic heterocycles. The van der Waals surface area contributed by atoms with Crippen molar-refractivity contribution in [3.05, 3.63) is 109 Å². The van der Waals surface area contributed by atoms with Crippen molar-refractivity contribution in [2.24, 2.45) is 0 Å². The van der Waals surface area contributed by atoms with Gasteiger partial charge in [0.15, 0.2) is 0 Å². The number of nitrogens with zero attached hydrogens (tertiary/aromatic N) is 4. The highest BCUT2D eigenvalue weighted by Crippen LogP contribution is 2.27. The number of pyridine rings is 1. The summed E-state index contributed by atoms with van der Waals surface area (Å²) in [6.07, 6.45) is 1.81. The van der Waals surface area contributed by atoms with E-state index in [9.17, 15) is 4.79 Å². The van der Waals surface area contributed by atoms with Crippen LogP contribution >= 0.6 is 0 Å². The largest absolute Gasteiger partial charge is 0.497 e. The third-order valence-electron chi connectivity index (χ3n) is 5.57. The zero-order valence-corrected chi connectivity index (χ0v) is 19.1. The second-order valence-corrected chi connectivity index (χ2v) is 7.88. The minimum atomic E-state index is -0.219. The van der Waals surface area contributed by atoms with E-state index in [0.717, 1.165) is 33.8 Å². The fourth-order valence-electron chi connectivity index (χ4n) is 3.83. The lowest BCUT2D eigenvalue weighted by Gasteiger charge is -2.10. The van der Waals surface area contributed by atoms with E-state index in [1.807, 2.05) is 91.0 Å². The normalized spacial score (nSPS) is 10.7. The van der Waals surface area contributed by atoms with Gasteiger partial charge >= 0.3 is 0 Å². The molecule has 0 radical (unpaired) electrons. The number of rotatable bonds is 7. The molecule has 172 valence electrons. The molecule has 0 unspecified atom stereocenters. The molecule has 0 aliphatic rings. The van der Waals surface area contributed by atoms with Gasteiger partial charge in [0.2, 0.25) is 5.91 Å². The maximum atomic E-state index is 12.9. The van der Waals surface area contributed by atoms with E-state index in [1.165, 1.54) is 0 Å². The van der Waals surface area contributed by atoms with Gasteiger partial charge in [-0.15, -0.1) is 5.10 Å². The fourth-order valence-corrected chi connectivity index (χ4v) is 3.83. The predicted octanol–water partition coefficient (Wildman–Crippen LogP) is 5.19. The molecule has 5 rings (SSSR count). The third kappa shape index (κ3) is 4.94. The van der Waals surface area contributed by atoms with Crippen LogP contribution in [0.15, 0.2) is 103 Å². The Morgan fingerprint density at radius 3 is 2.14 bits per heavy atom. The molecule has 0 fully saturated rings. The van der Waals surface area contributed by atoms with Gasteiger partial charge in [0, 0.05) is 17.3 Å². The number of benzene rings is 3. The van der Waals surface area contributed by atoms with Gasteiger partial charge in [0.05, 0.1) is 24.9 Å². The highest BCUT2D eigenvalue weighted by molar-refractivity contribution is 5.92. The number of carbonyl (C=O) groups is 1. The number of hydrogen-bond acceptors (Lipinski definition) is 5. The van der Waals surface area contributed by atoms with E-state index < -0.39 is 0 Å². The van der Waals surface area contributed by atoms with Gasteiger partial charge in [0.25, 0.3) is 0 Å². The van der Waals surface area contributed by atoms with Crippen molar-refractivity contribution >= 4 is 11.7 Å². The summed E-state index contributed by atoms with van der Waals surface area (Å²) in [5.41, 5.74) is 5.13. The molecule has 0 aliphatic carbocycles. The molecule has 0 atom stereocenters. The smallest absolute Gasteiger partial charge is 0.231 e. The number of nitrogens with one attached hydrogen (secondary N) is 1. The third-order valence-corrected chi connectivity index (χ3v) is 5.57. The molecule has 7 heteroatoms. The maximum Gasteiger partial charge on any atom is 0.231 e. The van der Waals surface area contributed by atoms with Crippen LogP contribution in [-0.2, 0) is 11.2 Å². The molecule has 2 heterocycles. The highest BCUT2D eigenvalue weighted by atomic mass is 16.5. The monoisotopic (exact) mass is 461 g/mol. The van der Waals surface area contributed by atoms with Crippen LogP contribution in [0.3, 0.4) is 0 Å². The minimum Gasteiger partial charge on any atom is -0.497 e. The van der Waals surface area contributed by atoms with Gasteiger partial charge in [0.1, 0.15) is 17.3 Å². The molecule has 1 amide bonds. The van der Waals surface area contributed by atoms with Crippen molar-refractivity contribution in [1.82, 2.24) is 20.0 Å². The van der Waals surface area contributed by atoms with E-state index in [2.05, 4.69) is 20.6 Å². The zero-order valence-electron chi connectivity index (χ0n) is 19.1. The van der Waals surface area contributed by atoms with Crippen LogP contribution in [0.25, 0.3) is 28.1 Å². The van der Waals surface area contributed by atoms with Crippen molar-refractivity contribution in [1.29, 1.82) is 0 Å². The van der Waals surface area contributed by atoms with Gasteiger partial charge < -0.3 is 10.1 Å². The summed E-state index contributed by atoms with van der Waals surface area (Å²) in [6, 6.07) is 31.0. The Labute approximate surface area is 203 Å². The van der Waals surface area contributed by atoms with Crippen molar-refractivity contribution in [2.75, 3.05) is 12.4 Å². The molecule has 35 heavy (non-hydrogen) atoms. The van der Waals surface area contributed by atoms with E-state index in [-0.39, 0.29) is 12.3 Å². The van der Waals surface area contributed by atoms with Crippen molar-refractivity contribution < 1.29 is 9.53 Å². The molecule has 3 aromatic carbocycles. The van der Waals surface area contributed by atoms with Gasteiger partial charge in [-0.2, -0.15) is 0 Å². The molecule has 0 saturated heterocycles. The van der Waals surface area contributed by atoms with Gasteiger partial charge in [-0.05, 0) is 42.0 Å². The Morgan fingerprint density at radius 2 is 1.51 bits per heavy atom. The van der Waals surface area contributed by atoms with Crippen LogP contribution in [0.1, 0.15) is 5.69 Å². The van der Waals surface area contributed by atoms with Gasteiger partial charge in [-0.25, -0.2) is 9.67 Å². The van der Waals surface area contributed by atoms with Crippen molar-refractivity contribution in [3.63, 3.8) is 0 Å². The van der Waals surface area contributed by atoms with E-state index >= 15 is 0 Å². The molecule has 0 bridgehead atoms. The number of anilines is 1. The van der Waals surface area contributed by atoms with Crippen molar-refractivity contribution in [2.45, 2.75) is 6.42 Å². The van der Waals surface area contributed by atoms with Crippen LogP contribution in [-0.4, -0.2) is 33.0 Å². The summed E-state index contributed by atoms with van der Waals surface area (Å²) >= 11 is 0. The quantitative estimate of drug-likeness (QED) is 0.361. The summed E-state index contributed by atoms with van der Waals surface area (Å²) in [7, 11) is 1.63. The second-order valence-electron chi connectivity index (χ2n) is 7.88. The number of carbonyl (C=O) groups excluding carboxylic acids is 1. The van der Waals surface area contributed by atoms with Crippen LogP contribution in [0.4, 0.5) is 5.82 Å².